The first-order valence-electron chi connectivity index (χ1n) is 8.13. The minimum absolute atomic E-state index is 0.141. The number of nitrogens with one attached hydrogen (secondary N) is 1. The molecule has 1 aliphatic rings. The van der Waals surface area contributed by atoms with Crippen LogP contribution in [0.15, 0.2) is 42.5 Å². The van der Waals surface area contributed by atoms with Crippen molar-refractivity contribution in [3.63, 3.8) is 0 Å². The molecule has 0 aliphatic carbocycles. The molecule has 2 aromatic carbocycles. The van der Waals surface area contributed by atoms with Crippen LogP contribution in [0.5, 0.6) is 0 Å². The molecule has 0 saturated carbocycles. The van der Waals surface area contributed by atoms with Crippen LogP contribution in [-0.2, 0) is 0 Å². The smallest absolute Gasteiger partial charge is 0.270 e. The number of rotatable bonds is 1. The zero-order chi connectivity index (χ0) is 14.9. The molecule has 0 bridgehead atoms. The van der Waals surface area contributed by atoms with E-state index in [0.717, 1.165) is 36.8 Å². The highest BCUT2D eigenvalue weighted by Crippen LogP contribution is 2.26. The predicted molar refractivity (Wildman–Crippen MR) is 90.2 cm³/mol. The van der Waals surface area contributed by atoms with Gasteiger partial charge in [0.15, 0.2) is 0 Å². The Balaban J connectivity index is 1.75. The molecule has 22 heavy (non-hydrogen) atoms. The highest BCUT2D eigenvalue weighted by Gasteiger charge is 2.19. The number of nitrogens with zero attached hydrogens (tertiary/aromatic N) is 1. The van der Waals surface area contributed by atoms with E-state index in [-0.39, 0.29) is 5.91 Å². The van der Waals surface area contributed by atoms with Crippen LogP contribution in [0.3, 0.4) is 0 Å². The van der Waals surface area contributed by atoms with Crippen molar-refractivity contribution in [2.45, 2.75) is 25.7 Å². The standard InChI is InChI=1S/C19H20N2O/c22-19(21-11-5-1-2-6-12-21)18-13-16-15-8-4-3-7-14(15)9-10-17(16)20-18/h3-4,7-10,13,20H,1-2,5-6,11-12H2. The first-order valence-corrected chi connectivity index (χ1v) is 8.13. The summed E-state index contributed by atoms with van der Waals surface area (Å²) >= 11 is 0. The fourth-order valence-corrected chi connectivity index (χ4v) is 3.44. The van der Waals surface area contributed by atoms with Crippen molar-refractivity contribution >= 4 is 27.6 Å². The lowest BCUT2D eigenvalue weighted by Crippen LogP contribution is -2.32. The molecular formula is C19H20N2O. The van der Waals surface area contributed by atoms with Crippen LogP contribution in [0, 0.1) is 0 Å². The minimum atomic E-state index is 0.141. The Morgan fingerprint density at radius 3 is 2.50 bits per heavy atom. The van der Waals surface area contributed by atoms with Gasteiger partial charge in [-0.3, -0.25) is 4.79 Å². The van der Waals surface area contributed by atoms with E-state index in [1.807, 2.05) is 23.1 Å². The maximum atomic E-state index is 12.8. The number of hydrogen-bond acceptors (Lipinski definition) is 1. The average Bonchev–Trinajstić information content (AvgIpc) is 2.81. The molecule has 112 valence electrons. The SMILES string of the molecule is O=C(c1cc2c(ccc3ccccc32)[nH]1)N1CCCCCC1. The van der Waals surface area contributed by atoms with Crippen LogP contribution in [0.4, 0.5) is 0 Å². The van der Waals surface area contributed by atoms with Gasteiger partial charge in [0, 0.05) is 24.0 Å². The topological polar surface area (TPSA) is 36.1 Å². The van der Waals surface area contributed by atoms with Crippen LogP contribution >= 0.6 is 0 Å². The van der Waals surface area contributed by atoms with E-state index in [9.17, 15) is 4.79 Å². The van der Waals surface area contributed by atoms with Gasteiger partial charge in [-0.15, -0.1) is 0 Å². The summed E-state index contributed by atoms with van der Waals surface area (Å²) in [6.45, 7) is 1.77. The number of H-pyrrole nitrogens is 1. The quantitative estimate of drug-likeness (QED) is 0.711. The molecular weight excluding hydrogens is 272 g/mol. The van der Waals surface area contributed by atoms with Crippen LogP contribution in [0.1, 0.15) is 36.2 Å². The molecule has 1 fully saturated rings. The minimum Gasteiger partial charge on any atom is -0.351 e. The summed E-state index contributed by atoms with van der Waals surface area (Å²) in [7, 11) is 0. The fourth-order valence-electron chi connectivity index (χ4n) is 3.44. The lowest BCUT2D eigenvalue weighted by Gasteiger charge is -2.19. The fraction of sp³-hybridized carbons (Fsp3) is 0.316. The predicted octanol–water partition coefficient (Wildman–Crippen LogP) is 4.34. The number of amides is 1. The Labute approximate surface area is 129 Å². The number of hydrogen-bond donors (Lipinski definition) is 1. The van der Waals surface area contributed by atoms with E-state index in [4.69, 9.17) is 0 Å². The second-order valence-corrected chi connectivity index (χ2v) is 6.14. The first-order chi connectivity index (χ1) is 10.8. The normalized spacial score (nSPS) is 16.1. The summed E-state index contributed by atoms with van der Waals surface area (Å²) in [6, 6.07) is 14.5. The van der Waals surface area contributed by atoms with Crippen LogP contribution in [0.2, 0.25) is 0 Å². The molecule has 3 nitrogen and oxygen atoms in total. The summed E-state index contributed by atoms with van der Waals surface area (Å²) in [5.41, 5.74) is 1.75. The van der Waals surface area contributed by atoms with Gasteiger partial charge in [0.1, 0.15) is 5.69 Å². The monoisotopic (exact) mass is 292 g/mol. The van der Waals surface area contributed by atoms with Crippen molar-refractivity contribution in [2.24, 2.45) is 0 Å². The van der Waals surface area contributed by atoms with Crippen molar-refractivity contribution in [3.8, 4) is 0 Å². The largest absolute Gasteiger partial charge is 0.351 e. The number of carbonyl (C=O) groups is 1. The first kappa shape index (κ1) is 13.4. The summed E-state index contributed by atoms with van der Waals surface area (Å²) < 4.78 is 0. The van der Waals surface area contributed by atoms with E-state index in [0.29, 0.717) is 5.69 Å². The van der Waals surface area contributed by atoms with Crippen LogP contribution in [-0.4, -0.2) is 28.9 Å². The van der Waals surface area contributed by atoms with E-state index in [2.05, 4.69) is 29.2 Å². The van der Waals surface area contributed by atoms with Gasteiger partial charge in [0.05, 0.1) is 0 Å². The van der Waals surface area contributed by atoms with Crippen molar-refractivity contribution in [1.82, 2.24) is 9.88 Å². The van der Waals surface area contributed by atoms with Gasteiger partial charge in [-0.25, -0.2) is 0 Å². The maximum Gasteiger partial charge on any atom is 0.270 e. The van der Waals surface area contributed by atoms with Gasteiger partial charge in [-0.2, -0.15) is 0 Å². The number of benzene rings is 2. The van der Waals surface area contributed by atoms with Gasteiger partial charge in [0.2, 0.25) is 0 Å². The van der Waals surface area contributed by atoms with E-state index < -0.39 is 0 Å². The summed E-state index contributed by atoms with van der Waals surface area (Å²) in [5, 5.41) is 3.55. The highest BCUT2D eigenvalue weighted by molar-refractivity contribution is 6.09. The Hall–Kier alpha value is -2.29. The molecule has 0 atom stereocenters. The number of aromatic nitrogens is 1. The molecule has 1 amide bonds. The van der Waals surface area contributed by atoms with Gasteiger partial charge in [0.25, 0.3) is 5.91 Å². The molecule has 3 aromatic rings. The molecule has 1 saturated heterocycles. The Morgan fingerprint density at radius 1 is 0.909 bits per heavy atom. The van der Waals surface area contributed by atoms with Crippen LogP contribution in [0.25, 0.3) is 21.7 Å². The summed E-state index contributed by atoms with van der Waals surface area (Å²) in [5.74, 6) is 0.141. The zero-order valence-electron chi connectivity index (χ0n) is 12.6. The Bertz CT molecular complexity index is 826. The molecule has 1 N–H and O–H groups in total. The maximum absolute atomic E-state index is 12.8. The molecule has 0 radical (unpaired) electrons. The van der Waals surface area contributed by atoms with Crippen molar-refractivity contribution in [1.29, 1.82) is 0 Å². The van der Waals surface area contributed by atoms with Gasteiger partial charge in [-0.05, 0) is 35.7 Å². The molecule has 0 spiro atoms. The Morgan fingerprint density at radius 2 is 1.68 bits per heavy atom. The highest BCUT2D eigenvalue weighted by atomic mass is 16.2. The molecule has 2 heterocycles. The molecule has 3 heteroatoms. The number of aromatic amines is 1. The van der Waals surface area contributed by atoms with Crippen molar-refractivity contribution < 1.29 is 4.79 Å². The third kappa shape index (κ3) is 2.27. The van der Waals surface area contributed by atoms with Gasteiger partial charge >= 0.3 is 0 Å². The van der Waals surface area contributed by atoms with Crippen molar-refractivity contribution in [3.05, 3.63) is 48.2 Å². The average molecular weight is 292 g/mol. The van der Waals surface area contributed by atoms with E-state index in [1.54, 1.807) is 0 Å². The third-order valence-electron chi connectivity index (χ3n) is 4.65. The van der Waals surface area contributed by atoms with Crippen molar-refractivity contribution in [2.75, 3.05) is 13.1 Å². The second-order valence-electron chi connectivity index (χ2n) is 6.14. The second kappa shape index (κ2) is 5.48. The number of fused-ring (bicyclic) bond motifs is 3. The van der Waals surface area contributed by atoms with Gasteiger partial charge in [-0.1, -0.05) is 43.2 Å². The lowest BCUT2D eigenvalue weighted by molar-refractivity contribution is 0.0757. The number of carbonyl (C=O) groups excluding carboxylic acids is 1. The van der Waals surface area contributed by atoms with E-state index >= 15 is 0 Å². The molecule has 1 aromatic heterocycles. The summed E-state index contributed by atoms with van der Waals surface area (Å²) in [6.07, 6.45) is 4.71. The van der Waals surface area contributed by atoms with Crippen LogP contribution < -0.4 is 0 Å². The number of likely N-dealkylation sites (tertiary alicyclic amines) is 1. The zero-order valence-corrected chi connectivity index (χ0v) is 12.6. The van der Waals surface area contributed by atoms with E-state index in [1.165, 1.54) is 23.6 Å². The lowest BCUT2D eigenvalue weighted by atomic mass is 10.1. The molecule has 1 aliphatic heterocycles. The van der Waals surface area contributed by atoms with Gasteiger partial charge < -0.3 is 9.88 Å². The Kier molecular flexibility index (Phi) is 3.34. The molecule has 4 rings (SSSR count). The summed E-state index contributed by atoms with van der Waals surface area (Å²) in [4.78, 5) is 18.1. The molecule has 0 unspecified atom stereocenters. The third-order valence-corrected chi connectivity index (χ3v) is 4.65.